The van der Waals surface area contributed by atoms with Crippen molar-refractivity contribution in [3.63, 3.8) is 0 Å². The molecule has 0 bridgehead atoms. The van der Waals surface area contributed by atoms with E-state index in [1.54, 1.807) is 6.07 Å². The van der Waals surface area contributed by atoms with Gasteiger partial charge in [0.25, 0.3) is 0 Å². The van der Waals surface area contributed by atoms with Gasteiger partial charge in [0.05, 0.1) is 12.7 Å². The summed E-state index contributed by atoms with van der Waals surface area (Å²) in [7, 11) is 0. The molecule has 6 nitrogen and oxygen atoms in total. The number of halogens is 1. The molecule has 1 aromatic heterocycles. The van der Waals surface area contributed by atoms with E-state index in [0.717, 1.165) is 13.2 Å². The molecule has 3 N–H and O–H groups in total. The highest BCUT2D eigenvalue weighted by Crippen LogP contribution is 2.22. The molecule has 0 aliphatic carbocycles. The quantitative estimate of drug-likeness (QED) is 0.806. The van der Waals surface area contributed by atoms with Crippen LogP contribution in [0.2, 0.25) is 5.15 Å². The predicted octanol–water partition coefficient (Wildman–Crippen LogP) is 0.987. The molecular weight excluding hydrogens is 266 g/mol. The number of nitrogens with two attached hydrogens (primary N) is 1. The Morgan fingerprint density at radius 2 is 2.42 bits per heavy atom. The molecule has 1 aromatic rings. The largest absolute Gasteiger partial charge is 0.373 e. The van der Waals surface area contributed by atoms with E-state index in [-0.39, 0.29) is 12.1 Å². The monoisotopic (exact) mass is 283 g/mol. The van der Waals surface area contributed by atoms with Crippen molar-refractivity contribution in [2.24, 2.45) is 0 Å². The van der Waals surface area contributed by atoms with Gasteiger partial charge in [0.1, 0.15) is 11.0 Å². The van der Waals surface area contributed by atoms with Crippen molar-refractivity contribution in [2.75, 3.05) is 37.3 Å². The maximum atomic E-state index is 5.86. The molecule has 2 atom stereocenters. The normalized spacial score (nSPS) is 27.2. The molecule has 7 heteroatoms. The third-order valence-corrected chi connectivity index (χ3v) is 3.88. The van der Waals surface area contributed by atoms with Gasteiger partial charge in [-0.1, -0.05) is 11.6 Å². The molecular formula is C12H18ClN5O. The van der Waals surface area contributed by atoms with Gasteiger partial charge in [-0.15, -0.1) is 0 Å². The molecule has 2 fully saturated rings. The summed E-state index contributed by atoms with van der Waals surface area (Å²) in [6.07, 6.45) is 2.73. The third-order valence-electron chi connectivity index (χ3n) is 3.68. The number of fused-ring (bicyclic) bond motifs is 1. The first-order valence-corrected chi connectivity index (χ1v) is 6.98. The molecule has 3 heterocycles. The average molecular weight is 284 g/mol. The molecule has 19 heavy (non-hydrogen) atoms. The smallest absolute Gasteiger partial charge is 0.223 e. The summed E-state index contributed by atoms with van der Waals surface area (Å²) in [6, 6.07) is 2.29. The number of hydrogen-bond donors (Lipinski definition) is 2. The van der Waals surface area contributed by atoms with Gasteiger partial charge in [0.2, 0.25) is 5.95 Å². The van der Waals surface area contributed by atoms with E-state index >= 15 is 0 Å². The lowest BCUT2D eigenvalue weighted by atomic mass is 10.2. The van der Waals surface area contributed by atoms with Crippen molar-refractivity contribution < 1.29 is 4.74 Å². The van der Waals surface area contributed by atoms with Crippen LogP contribution in [0.1, 0.15) is 12.8 Å². The van der Waals surface area contributed by atoms with E-state index in [9.17, 15) is 0 Å². The lowest BCUT2D eigenvalue weighted by Gasteiger charge is -2.35. The van der Waals surface area contributed by atoms with E-state index in [1.165, 1.54) is 19.4 Å². The molecule has 0 amide bonds. The molecule has 104 valence electrons. The van der Waals surface area contributed by atoms with Crippen LogP contribution in [0.25, 0.3) is 0 Å². The second-order valence-electron chi connectivity index (χ2n) is 5.06. The number of anilines is 2. The number of nitrogen functional groups attached to an aromatic ring is 1. The molecule has 0 radical (unpaired) electrons. The number of morpholine rings is 1. The third kappa shape index (κ3) is 3.08. The summed E-state index contributed by atoms with van der Waals surface area (Å²) in [5.74, 6) is 0.823. The fraction of sp³-hybridized carbons (Fsp3) is 0.667. The topological polar surface area (TPSA) is 76.3 Å². The van der Waals surface area contributed by atoms with Crippen LogP contribution in [0.3, 0.4) is 0 Å². The highest BCUT2D eigenvalue weighted by atomic mass is 35.5. The van der Waals surface area contributed by atoms with Gasteiger partial charge in [0.15, 0.2) is 0 Å². The minimum Gasteiger partial charge on any atom is -0.373 e. The fourth-order valence-electron chi connectivity index (χ4n) is 2.75. The Bertz CT molecular complexity index is 437. The molecule has 2 aliphatic heterocycles. The van der Waals surface area contributed by atoms with Crippen molar-refractivity contribution in [1.29, 1.82) is 0 Å². The van der Waals surface area contributed by atoms with E-state index in [2.05, 4.69) is 20.2 Å². The summed E-state index contributed by atoms with van der Waals surface area (Å²) in [4.78, 5) is 10.4. The van der Waals surface area contributed by atoms with Gasteiger partial charge in [-0.3, -0.25) is 4.90 Å². The Labute approximate surface area is 117 Å². The van der Waals surface area contributed by atoms with Crippen molar-refractivity contribution in [3.8, 4) is 0 Å². The van der Waals surface area contributed by atoms with Crippen molar-refractivity contribution >= 4 is 23.4 Å². The van der Waals surface area contributed by atoms with Crippen LogP contribution in [0.4, 0.5) is 11.8 Å². The first-order valence-electron chi connectivity index (χ1n) is 6.60. The zero-order valence-corrected chi connectivity index (χ0v) is 11.4. The number of aromatic nitrogens is 2. The second kappa shape index (κ2) is 5.48. The Morgan fingerprint density at radius 3 is 3.26 bits per heavy atom. The van der Waals surface area contributed by atoms with Crippen molar-refractivity contribution in [3.05, 3.63) is 11.2 Å². The highest BCUT2D eigenvalue weighted by Gasteiger charge is 2.31. The SMILES string of the molecule is Nc1nc(Cl)cc(NCC2CN3CCCC3CO2)n1. The number of nitrogens with zero attached hydrogens (tertiary/aromatic N) is 3. The van der Waals surface area contributed by atoms with E-state index in [0.29, 0.717) is 23.6 Å². The first kappa shape index (κ1) is 12.9. The van der Waals surface area contributed by atoms with Crippen LogP contribution < -0.4 is 11.1 Å². The molecule has 0 spiro atoms. The summed E-state index contributed by atoms with van der Waals surface area (Å²) in [6.45, 7) is 3.71. The fourth-order valence-corrected chi connectivity index (χ4v) is 2.94. The second-order valence-corrected chi connectivity index (χ2v) is 5.45. The van der Waals surface area contributed by atoms with Gasteiger partial charge in [0, 0.05) is 25.2 Å². The van der Waals surface area contributed by atoms with Crippen LogP contribution >= 0.6 is 11.6 Å². The predicted molar refractivity (Wildman–Crippen MR) is 74.3 cm³/mol. The molecule has 2 aliphatic rings. The Hall–Kier alpha value is -1.11. The summed E-state index contributed by atoms with van der Waals surface area (Å²) < 4.78 is 5.86. The van der Waals surface area contributed by atoms with Gasteiger partial charge < -0.3 is 15.8 Å². The van der Waals surface area contributed by atoms with E-state index in [1.807, 2.05) is 0 Å². The zero-order valence-electron chi connectivity index (χ0n) is 10.7. The minimum atomic E-state index is 0.180. The van der Waals surface area contributed by atoms with Crippen molar-refractivity contribution in [2.45, 2.75) is 25.0 Å². The Balaban J connectivity index is 1.54. The van der Waals surface area contributed by atoms with E-state index in [4.69, 9.17) is 22.1 Å². The average Bonchev–Trinajstić information content (AvgIpc) is 2.82. The Morgan fingerprint density at radius 1 is 1.53 bits per heavy atom. The van der Waals surface area contributed by atoms with Crippen LogP contribution in [0.5, 0.6) is 0 Å². The van der Waals surface area contributed by atoms with Crippen LogP contribution in [-0.2, 0) is 4.74 Å². The summed E-state index contributed by atoms with van der Waals surface area (Å²) in [5, 5.41) is 3.56. The lowest BCUT2D eigenvalue weighted by Crippen LogP contribution is -2.48. The maximum Gasteiger partial charge on any atom is 0.223 e. The minimum absolute atomic E-state index is 0.180. The molecule has 0 aromatic carbocycles. The molecule has 2 saturated heterocycles. The Kier molecular flexibility index (Phi) is 3.72. The number of rotatable bonds is 3. The van der Waals surface area contributed by atoms with Crippen LogP contribution in [-0.4, -0.2) is 53.3 Å². The van der Waals surface area contributed by atoms with Crippen LogP contribution in [0, 0.1) is 0 Å². The summed E-state index contributed by atoms with van der Waals surface area (Å²) >= 11 is 5.83. The van der Waals surface area contributed by atoms with Gasteiger partial charge in [-0.2, -0.15) is 4.98 Å². The molecule has 0 saturated carbocycles. The van der Waals surface area contributed by atoms with Crippen LogP contribution in [0.15, 0.2) is 6.07 Å². The zero-order chi connectivity index (χ0) is 13.2. The standard InChI is InChI=1S/C12H18ClN5O/c13-10-4-11(17-12(14)16-10)15-5-9-6-18-3-1-2-8(18)7-19-9/h4,8-9H,1-3,5-7H2,(H3,14,15,16,17). The lowest BCUT2D eigenvalue weighted by molar-refractivity contribution is -0.0416. The molecule has 3 rings (SSSR count). The van der Waals surface area contributed by atoms with Crippen molar-refractivity contribution in [1.82, 2.24) is 14.9 Å². The number of ether oxygens (including phenoxy) is 1. The molecule has 2 unspecified atom stereocenters. The number of nitrogens with one attached hydrogen (secondary N) is 1. The van der Waals surface area contributed by atoms with Gasteiger partial charge in [-0.25, -0.2) is 4.98 Å². The highest BCUT2D eigenvalue weighted by molar-refractivity contribution is 6.29. The van der Waals surface area contributed by atoms with Gasteiger partial charge >= 0.3 is 0 Å². The number of hydrogen-bond acceptors (Lipinski definition) is 6. The summed E-state index contributed by atoms with van der Waals surface area (Å²) in [5.41, 5.74) is 5.55. The van der Waals surface area contributed by atoms with E-state index < -0.39 is 0 Å². The maximum absolute atomic E-state index is 5.86. The van der Waals surface area contributed by atoms with Gasteiger partial charge in [-0.05, 0) is 19.4 Å². The first-order chi connectivity index (χ1) is 9.20.